The zero-order chi connectivity index (χ0) is 13.2. The number of ketones is 1. The van der Waals surface area contributed by atoms with Crippen molar-refractivity contribution in [2.24, 2.45) is 5.92 Å². The molecular formula is C16H28N2O. The summed E-state index contributed by atoms with van der Waals surface area (Å²) in [4.78, 5) is 17.0. The summed E-state index contributed by atoms with van der Waals surface area (Å²) in [6.45, 7) is 7.30. The van der Waals surface area contributed by atoms with E-state index in [1.54, 1.807) is 0 Å². The van der Waals surface area contributed by atoms with Gasteiger partial charge in [-0.15, -0.1) is 0 Å². The molecule has 2 atom stereocenters. The van der Waals surface area contributed by atoms with Gasteiger partial charge in [0.2, 0.25) is 0 Å². The van der Waals surface area contributed by atoms with Crippen molar-refractivity contribution in [3.05, 3.63) is 0 Å². The van der Waals surface area contributed by atoms with Gasteiger partial charge < -0.3 is 4.90 Å². The number of hydrogen-bond donors (Lipinski definition) is 0. The summed E-state index contributed by atoms with van der Waals surface area (Å²) in [5.74, 6) is 1.39. The molecule has 3 rings (SSSR count). The van der Waals surface area contributed by atoms with E-state index in [4.69, 9.17) is 0 Å². The molecule has 2 bridgehead atoms. The maximum absolute atomic E-state index is 11.8. The lowest BCUT2D eigenvalue weighted by molar-refractivity contribution is -0.127. The highest BCUT2D eigenvalue weighted by molar-refractivity contribution is 5.80. The molecule has 3 aliphatic rings. The van der Waals surface area contributed by atoms with Gasteiger partial charge in [0, 0.05) is 31.5 Å². The van der Waals surface area contributed by atoms with E-state index in [0.29, 0.717) is 17.9 Å². The van der Waals surface area contributed by atoms with E-state index in [1.807, 2.05) is 0 Å². The summed E-state index contributed by atoms with van der Waals surface area (Å²) >= 11 is 0. The van der Waals surface area contributed by atoms with E-state index < -0.39 is 0 Å². The number of hydrogen-bond acceptors (Lipinski definition) is 3. The van der Waals surface area contributed by atoms with Gasteiger partial charge in [0.25, 0.3) is 0 Å². The van der Waals surface area contributed by atoms with E-state index in [2.05, 4.69) is 16.7 Å². The van der Waals surface area contributed by atoms with Gasteiger partial charge in [0.05, 0.1) is 0 Å². The Kier molecular flexibility index (Phi) is 4.23. The topological polar surface area (TPSA) is 23.6 Å². The fraction of sp³-hybridized carbons (Fsp3) is 0.938. The van der Waals surface area contributed by atoms with Crippen molar-refractivity contribution >= 4 is 5.78 Å². The van der Waals surface area contributed by atoms with Crippen LogP contribution in [0.4, 0.5) is 0 Å². The highest BCUT2D eigenvalue weighted by Crippen LogP contribution is 2.34. The first-order valence-corrected chi connectivity index (χ1v) is 8.26. The van der Waals surface area contributed by atoms with Crippen LogP contribution in [-0.2, 0) is 4.79 Å². The summed E-state index contributed by atoms with van der Waals surface area (Å²) in [6, 6.07) is 1.17. The Labute approximate surface area is 117 Å². The molecule has 0 aromatic heterocycles. The largest absolute Gasteiger partial charge is 0.304 e. The zero-order valence-corrected chi connectivity index (χ0v) is 12.3. The lowest BCUT2D eigenvalue weighted by atomic mass is 9.82. The number of likely N-dealkylation sites (tertiary alicyclic amines) is 1. The Morgan fingerprint density at radius 1 is 1.05 bits per heavy atom. The molecule has 0 spiro atoms. The van der Waals surface area contributed by atoms with Crippen molar-refractivity contribution in [2.75, 3.05) is 26.2 Å². The fourth-order valence-electron chi connectivity index (χ4n) is 4.35. The molecule has 3 nitrogen and oxygen atoms in total. The van der Waals surface area contributed by atoms with E-state index in [0.717, 1.165) is 18.8 Å². The molecule has 0 N–H and O–H groups in total. The van der Waals surface area contributed by atoms with Crippen LogP contribution < -0.4 is 0 Å². The molecular weight excluding hydrogens is 236 g/mol. The number of nitrogens with zero attached hydrogens (tertiary/aromatic N) is 2. The zero-order valence-electron chi connectivity index (χ0n) is 12.3. The van der Waals surface area contributed by atoms with E-state index in [-0.39, 0.29) is 0 Å². The lowest BCUT2D eigenvalue weighted by Crippen LogP contribution is -2.54. The van der Waals surface area contributed by atoms with Crippen LogP contribution in [0.25, 0.3) is 0 Å². The van der Waals surface area contributed by atoms with Gasteiger partial charge >= 0.3 is 0 Å². The normalized spacial score (nSPS) is 34.7. The lowest BCUT2D eigenvalue weighted by Gasteiger charge is -2.47. The Bertz CT molecular complexity index is 307. The van der Waals surface area contributed by atoms with E-state index in [1.165, 1.54) is 58.3 Å². The minimum atomic E-state index is 0.520. The van der Waals surface area contributed by atoms with Gasteiger partial charge in [-0.2, -0.15) is 0 Å². The first-order chi connectivity index (χ1) is 9.26. The minimum Gasteiger partial charge on any atom is -0.304 e. The molecule has 0 aromatic rings. The van der Waals surface area contributed by atoms with Crippen LogP contribution in [0.3, 0.4) is 0 Å². The molecule has 0 saturated carbocycles. The molecule has 3 heteroatoms. The quantitative estimate of drug-likeness (QED) is 0.781. The Morgan fingerprint density at radius 3 is 2.26 bits per heavy atom. The van der Waals surface area contributed by atoms with Crippen LogP contribution in [0.2, 0.25) is 0 Å². The smallest absolute Gasteiger partial charge is 0.136 e. The SMILES string of the molecule is CCN1CCC(CN2C3CCCC2CC(=O)C3)CC1. The van der Waals surface area contributed by atoms with Crippen LogP contribution in [0.15, 0.2) is 0 Å². The molecule has 108 valence electrons. The van der Waals surface area contributed by atoms with E-state index >= 15 is 0 Å². The van der Waals surface area contributed by atoms with Crippen molar-refractivity contribution in [3.63, 3.8) is 0 Å². The summed E-state index contributed by atoms with van der Waals surface area (Å²) < 4.78 is 0. The monoisotopic (exact) mass is 264 g/mol. The standard InChI is InChI=1S/C16H28N2O/c1-2-17-8-6-13(7-9-17)12-18-14-4-3-5-15(18)11-16(19)10-14/h13-15H,2-12H2,1H3. The third-order valence-electron chi connectivity index (χ3n) is 5.56. The summed E-state index contributed by atoms with van der Waals surface area (Å²) in [7, 11) is 0. The van der Waals surface area contributed by atoms with Crippen LogP contribution >= 0.6 is 0 Å². The number of fused-ring (bicyclic) bond motifs is 2. The second kappa shape index (κ2) is 5.92. The summed E-state index contributed by atoms with van der Waals surface area (Å²) in [5.41, 5.74) is 0. The average molecular weight is 264 g/mol. The second-order valence-electron chi connectivity index (χ2n) is 6.76. The average Bonchev–Trinajstić information content (AvgIpc) is 2.41. The molecule has 0 amide bonds. The van der Waals surface area contributed by atoms with Crippen molar-refractivity contribution in [3.8, 4) is 0 Å². The van der Waals surface area contributed by atoms with Crippen molar-refractivity contribution in [1.29, 1.82) is 0 Å². The highest BCUT2D eigenvalue weighted by atomic mass is 16.1. The van der Waals surface area contributed by atoms with Gasteiger partial charge in [-0.3, -0.25) is 9.69 Å². The Morgan fingerprint density at radius 2 is 1.68 bits per heavy atom. The highest BCUT2D eigenvalue weighted by Gasteiger charge is 2.38. The van der Waals surface area contributed by atoms with Crippen molar-refractivity contribution in [2.45, 2.75) is 64.0 Å². The molecule has 0 aromatic carbocycles. The number of carbonyl (C=O) groups is 1. The fourth-order valence-corrected chi connectivity index (χ4v) is 4.35. The van der Waals surface area contributed by atoms with Crippen LogP contribution in [-0.4, -0.2) is 53.8 Å². The van der Waals surface area contributed by atoms with Crippen LogP contribution in [0.1, 0.15) is 51.9 Å². The summed E-state index contributed by atoms with van der Waals surface area (Å²) in [5, 5.41) is 0. The van der Waals surface area contributed by atoms with Crippen LogP contribution in [0.5, 0.6) is 0 Å². The second-order valence-corrected chi connectivity index (χ2v) is 6.76. The maximum atomic E-state index is 11.8. The Balaban J connectivity index is 1.56. The third-order valence-corrected chi connectivity index (χ3v) is 5.56. The van der Waals surface area contributed by atoms with E-state index in [9.17, 15) is 4.79 Å². The molecule has 3 aliphatic heterocycles. The minimum absolute atomic E-state index is 0.520. The molecule has 0 aliphatic carbocycles. The van der Waals surface area contributed by atoms with Crippen molar-refractivity contribution in [1.82, 2.24) is 9.80 Å². The molecule has 3 fully saturated rings. The third kappa shape index (κ3) is 3.03. The van der Waals surface area contributed by atoms with Crippen molar-refractivity contribution < 1.29 is 4.79 Å². The van der Waals surface area contributed by atoms with Gasteiger partial charge in [-0.1, -0.05) is 13.3 Å². The number of rotatable bonds is 3. The number of piperidine rings is 3. The first kappa shape index (κ1) is 13.6. The van der Waals surface area contributed by atoms with Crippen LogP contribution in [0, 0.1) is 5.92 Å². The number of Topliss-reactive ketones (excluding diaryl/α,β-unsaturated/α-hetero) is 1. The maximum Gasteiger partial charge on any atom is 0.136 e. The molecule has 2 unspecified atom stereocenters. The predicted octanol–water partition coefficient (Wildman–Crippen LogP) is 2.30. The van der Waals surface area contributed by atoms with Gasteiger partial charge in [0.15, 0.2) is 0 Å². The predicted molar refractivity (Wildman–Crippen MR) is 77.2 cm³/mol. The number of carbonyl (C=O) groups excluding carboxylic acids is 1. The summed E-state index contributed by atoms with van der Waals surface area (Å²) in [6.07, 6.45) is 8.25. The first-order valence-electron chi connectivity index (χ1n) is 8.26. The molecule has 0 radical (unpaired) electrons. The van der Waals surface area contributed by atoms with Gasteiger partial charge in [-0.25, -0.2) is 0 Å². The Hall–Kier alpha value is -0.410. The molecule has 3 saturated heterocycles. The molecule has 19 heavy (non-hydrogen) atoms. The molecule has 3 heterocycles. The van der Waals surface area contributed by atoms with Gasteiger partial charge in [-0.05, 0) is 51.2 Å². The van der Waals surface area contributed by atoms with Gasteiger partial charge in [0.1, 0.15) is 5.78 Å².